The molecule has 0 saturated carbocycles. The fraction of sp³-hybridized carbons (Fsp3) is 0.400. The van der Waals surface area contributed by atoms with Crippen LogP contribution in [0.1, 0.15) is 68.4 Å². The van der Waals surface area contributed by atoms with E-state index in [0.717, 1.165) is 12.8 Å². The summed E-state index contributed by atoms with van der Waals surface area (Å²) >= 11 is 12.9. The second-order valence-corrected chi connectivity index (χ2v) is 13.4. The summed E-state index contributed by atoms with van der Waals surface area (Å²) in [5.74, 6) is -0.107. The van der Waals surface area contributed by atoms with Crippen LogP contribution < -0.4 is 15.6 Å². The number of carbonyl (C=O) groups is 2. The van der Waals surface area contributed by atoms with E-state index in [1.54, 1.807) is 63.2 Å². The van der Waals surface area contributed by atoms with Gasteiger partial charge in [-0.2, -0.15) is 0 Å². The first-order valence-electron chi connectivity index (χ1n) is 15.4. The summed E-state index contributed by atoms with van der Waals surface area (Å²) in [6, 6.07) is 20.2. The van der Waals surface area contributed by atoms with Crippen molar-refractivity contribution >= 4 is 41.0 Å². The summed E-state index contributed by atoms with van der Waals surface area (Å²) in [6.45, 7) is 5.78. The molecule has 3 aromatic rings. The standard InChI is InChI=1S/C35H39Cl2N3O6/c1-34(2,3)46-30(42)15-16-35(33(43)40-39-26-19-23-7-4-5-8-24(23)20-26)31(28-14-11-25(36)21-29(28)37)45-32(38-35)22-9-12-27(13-10-22)44-18-6-17-41/h4-5,7-14,21,26,31,39,41H,6,15-20H2,1-3H3,(H,40,43)/t31-,35-/m0/s1. The van der Waals surface area contributed by atoms with E-state index in [1.165, 1.54) is 11.1 Å². The van der Waals surface area contributed by atoms with E-state index in [2.05, 4.69) is 23.0 Å². The first kappa shape index (κ1) is 33.7. The lowest BCUT2D eigenvalue weighted by Crippen LogP contribution is -2.55. The zero-order chi connectivity index (χ0) is 32.9. The molecule has 11 heteroatoms. The van der Waals surface area contributed by atoms with Crippen LogP contribution in [0.2, 0.25) is 10.0 Å². The minimum absolute atomic E-state index is 0.0181. The van der Waals surface area contributed by atoms with E-state index in [9.17, 15) is 9.59 Å². The molecule has 0 bridgehead atoms. The van der Waals surface area contributed by atoms with Crippen LogP contribution in [0, 0.1) is 0 Å². The van der Waals surface area contributed by atoms with Crippen LogP contribution in [-0.2, 0) is 31.9 Å². The molecule has 1 aliphatic carbocycles. The summed E-state index contributed by atoms with van der Waals surface area (Å²) in [7, 11) is 0. The number of hydrogen-bond acceptors (Lipinski definition) is 8. The summed E-state index contributed by atoms with van der Waals surface area (Å²) in [6.07, 6.45) is 0.918. The molecule has 1 heterocycles. The predicted molar refractivity (Wildman–Crippen MR) is 177 cm³/mol. The average molecular weight is 669 g/mol. The summed E-state index contributed by atoms with van der Waals surface area (Å²) in [5, 5.41) is 9.79. The summed E-state index contributed by atoms with van der Waals surface area (Å²) in [4.78, 5) is 32.3. The molecule has 3 N–H and O–H groups in total. The lowest BCUT2D eigenvalue weighted by molar-refractivity contribution is -0.155. The maximum Gasteiger partial charge on any atom is 0.306 e. The smallest absolute Gasteiger partial charge is 0.306 e. The highest BCUT2D eigenvalue weighted by molar-refractivity contribution is 6.35. The maximum atomic E-state index is 14.4. The van der Waals surface area contributed by atoms with Crippen molar-refractivity contribution in [3.05, 3.63) is 99.0 Å². The number of nitrogens with zero attached hydrogens (tertiary/aromatic N) is 1. The molecule has 2 aliphatic rings. The van der Waals surface area contributed by atoms with E-state index < -0.39 is 29.1 Å². The van der Waals surface area contributed by atoms with Gasteiger partial charge in [-0.25, -0.2) is 10.4 Å². The summed E-state index contributed by atoms with van der Waals surface area (Å²) in [5.41, 5.74) is 7.39. The molecule has 0 spiro atoms. The van der Waals surface area contributed by atoms with Crippen LogP contribution in [0.15, 0.2) is 71.7 Å². The highest BCUT2D eigenvalue weighted by Gasteiger charge is 2.54. The zero-order valence-corrected chi connectivity index (χ0v) is 27.7. The topological polar surface area (TPSA) is 118 Å². The number of carbonyl (C=O) groups excluding carboxylic acids is 2. The first-order valence-corrected chi connectivity index (χ1v) is 16.1. The zero-order valence-electron chi connectivity index (χ0n) is 26.1. The van der Waals surface area contributed by atoms with Gasteiger partial charge in [0.05, 0.1) is 6.61 Å². The molecule has 0 aromatic heterocycles. The third-order valence-electron chi connectivity index (χ3n) is 7.85. The van der Waals surface area contributed by atoms with Gasteiger partial charge in [0.15, 0.2) is 11.6 Å². The molecule has 0 saturated heterocycles. The van der Waals surface area contributed by atoms with E-state index in [4.69, 9.17) is 47.5 Å². The molecule has 0 unspecified atom stereocenters. The number of amides is 1. The molecule has 1 aliphatic heterocycles. The number of rotatable bonds is 12. The number of benzene rings is 3. The number of esters is 1. The Morgan fingerprint density at radius 1 is 1.04 bits per heavy atom. The Morgan fingerprint density at radius 2 is 1.74 bits per heavy atom. The molecule has 244 valence electrons. The molecule has 5 rings (SSSR count). The molecular formula is C35H39Cl2N3O6. The van der Waals surface area contributed by atoms with E-state index in [0.29, 0.717) is 39.9 Å². The highest BCUT2D eigenvalue weighted by Crippen LogP contribution is 2.45. The SMILES string of the molecule is CC(C)(C)OC(=O)CC[C@]1(C(=O)NNC2Cc3ccccc3C2)N=C(c2ccc(OCCCO)cc2)O[C@H]1c1ccc(Cl)cc1Cl. The molecular weight excluding hydrogens is 629 g/mol. The minimum Gasteiger partial charge on any atom is -0.494 e. The van der Waals surface area contributed by atoms with Gasteiger partial charge in [-0.3, -0.25) is 15.0 Å². The lowest BCUT2D eigenvalue weighted by atomic mass is 9.83. The van der Waals surface area contributed by atoms with Crippen molar-refractivity contribution in [2.24, 2.45) is 4.99 Å². The van der Waals surface area contributed by atoms with E-state index >= 15 is 0 Å². The van der Waals surface area contributed by atoms with Crippen LogP contribution in [0.25, 0.3) is 0 Å². The van der Waals surface area contributed by atoms with Crippen LogP contribution >= 0.6 is 23.2 Å². The Labute approximate surface area is 279 Å². The molecule has 0 radical (unpaired) electrons. The van der Waals surface area contributed by atoms with Gasteiger partial charge in [-0.1, -0.05) is 53.5 Å². The monoisotopic (exact) mass is 667 g/mol. The summed E-state index contributed by atoms with van der Waals surface area (Å²) < 4.78 is 17.8. The van der Waals surface area contributed by atoms with Crippen molar-refractivity contribution < 1.29 is 28.9 Å². The first-order chi connectivity index (χ1) is 22.0. The molecule has 1 amide bonds. The highest BCUT2D eigenvalue weighted by atomic mass is 35.5. The predicted octanol–water partition coefficient (Wildman–Crippen LogP) is 5.92. The van der Waals surface area contributed by atoms with Gasteiger partial charge in [0, 0.05) is 46.7 Å². The molecule has 46 heavy (non-hydrogen) atoms. The van der Waals surface area contributed by atoms with Crippen molar-refractivity contribution in [2.75, 3.05) is 13.2 Å². The van der Waals surface area contributed by atoms with Crippen molar-refractivity contribution in [3.63, 3.8) is 0 Å². The molecule has 0 fully saturated rings. The minimum atomic E-state index is -1.60. The number of aliphatic hydroxyl groups excluding tert-OH is 1. The quantitative estimate of drug-likeness (QED) is 0.125. The second kappa shape index (κ2) is 14.4. The number of aliphatic imine (C=N–C) groups is 1. The second-order valence-electron chi connectivity index (χ2n) is 12.5. The number of fused-ring (bicyclic) bond motifs is 1. The Morgan fingerprint density at radius 3 is 2.37 bits per heavy atom. The Hall–Kier alpha value is -3.63. The van der Waals surface area contributed by atoms with E-state index in [-0.39, 0.29) is 31.4 Å². The van der Waals surface area contributed by atoms with Gasteiger partial charge >= 0.3 is 5.97 Å². The molecule has 3 aromatic carbocycles. The fourth-order valence-corrected chi connectivity index (χ4v) is 6.19. The third-order valence-corrected chi connectivity index (χ3v) is 8.41. The fourth-order valence-electron chi connectivity index (χ4n) is 5.68. The Kier molecular flexibility index (Phi) is 10.6. The van der Waals surface area contributed by atoms with Gasteiger partial charge in [0.25, 0.3) is 5.91 Å². The van der Waals surface area contributed by atoms with Crippen molar-refractivity contribution in [1.29, 1.82) is 0 Å². The number of hydrogen-bond donors (Lipinski definition) is 3. The van der Waals surface area contributed by atoms with Gasteiger partial charge in [-0.05, 0) is 87.6 Å². The van der Waals surface area contributed by atoms with Crippen LogP contribution in [0.4, 0.5) is 0 Å². The molecule has 2 atom stereocenters. The van der Waals surface area contributed by atoms with Crippen molar-refractivity contribution in [1.82, 2.24) is 10.9 Å². The number of ether oxygens (including phenoxy) is 3. The lowest BCUT2D eigenvalue weighted by Gasteiger charge is -2.31. The molecule has 9 nitrogen and oxygen atoms in total. The largest absolute Gasteiger partial charge is 0.494 e. The maximum absolute atomic E-state index is 14.4. The number of halogens is 2. The normalized spacial score (nSPS) is 19.3. The Balaban J connectivity index is 1.48. The van der Waals surface area contributed by atoms with Crippen LogP contribution in [0.5, 0.6) is 5.75 Å². The van der Waals surface area contributed by atoms with Gasteiger partial charge < -0.3 is 19.3 Å². The number of nitrogens with one attached hydrogen (secondary N) is 2. The van der Waals surface area contributed by atoms with Crippen molar-refractivity contribution in [3.8, 4) is 5.75 Å². The van der Waals surface area contributed by atoms with Gasteiger partial charge in [0.2, 0.25) is 5.90 Å². The van der Waals surface area contributed by atoms with Crippen LogP contribution in [-0.4, -0.2) is 53.3 Å². The Bertz CT molecular complexity index is 1560. The average Bonchev–Trinajstić information content (AvgIpc) is 3.61. The third kappa shape index (κ3) is 8.01. The van der Waals surface area contributed by atoms with Crippen molar-refractivity contribution in [2.45, 2.75) is 76.2 Å². The number of aliphatic hydroxyl groups is 1. The van der Waals surface area contributed by atoms with Gasteiger partial charge in [-0.15, -0.1) is 0 Å². The van der Waals surface area contributed by atoms with E-state index in [1.807, 2.05) is 12.1 Å². The number of hydrazine groups is 1. The van der Waals surface area contributed by atoms with Gasteiger partial charge in [0.1, 0.15) is 11.4 Å². The van der Waals surface area contributed by atoms with Crippen LogP contribution in [0.3, 0.4) is 0 Å².